The van der Waals surface area contributed by atoms with E-state index in [-0.39, 0.29) is 29.4 Å². The SMILES string of the molecule is O=C(CCOC1CCNCC1)NCC1CCS(=O)(=O)C1. The highest BCUT2D eigenvalue weighted by Crippen LogP contribution is 2.17. The van der Waals surface area contributed by atoms with Gasteiger partial charge >= 0.3 is 0 Å². The van der Waals surface area contributed by atoms with Crippen LogP contribution in [0.5, 0.6) is 0 Å². The van der Waals surface area contributed by atoms with Crippen LogP contribution >= 0.6 is 0 Å². The Morgan fingerprint density at radius 1 is 1.25 bits per heavy atom. The van der Waals surface area contributed by atoms with Crippen LogP contribution in [0.15, 0.2) is 0 Å². The minimum atomic E-state index is -2.86. The molecule has 0 aromatic rings. The van der Waals surface area contributed by atoms with Gasteiger partial charge in [-0.05, 0) is 38.3 Å². The lowest BCUT2D eigenvalue weighted by Gasteiger charge is -2.22. The maximum Gasteiger partial charge on any atom is 0.222 e. The monoisotopic (exact) mass is 304 g/mol. The predicted molar refractivity (Wildman–Crippen MR) is 76.2 cm³/mol. The van der Waals surface area contributed by atoms with E-state index in [4.69, 9.17) is 4.74 Å². The number of ether oxygens (including phenoxy) is 1. The van der Waals surface area contributed by atoms with Crippen LogP contribution in [-0.4, -0.2) is 58.2 Å². The topological polar surface area (TPSA) is 84.5 Å². The van der Waals surface area contributed by atoms with Crippen LogP contribution in [0.2, 0.25) is 0 Å². The molecule has 2 N–H and O–H groups in total. The molecule has 1 atom stereocenters. The third-order valence-corrected chi connectivity index (χ3v) is 5.72. The molecule has 0 bridgehead atoms. The van der Waals surface area contributed by atoms with Gasteiger partial charge < -0.3 is 15.4 Å². The zero-order chi connectivity index (χ0) is 14.4. The van der Waals surface area contributed by atoms with Crippen LogP contribution in [-0.2, 0) is 19.4 Å². The molecule has 0 aromatic carbocycles. The molecule has 2 saturated heterocycles. The van der Waals surface area contributed by atoms with Crippen molar-refractivity contribution >= 4 is 15.7 Å². The minimum absolute atomic E-state index is 0.0526. The summed E-state index contributed by atoms with van der Waals surface area (Å²) < 4.78 is 28.3. The van der Waals surface area contributed by atoms with E-state index >= 15 is 0 Å². The molecule has 0 saturated carbocycles. The molecule has 7 heteroatoms. The first-order valence-electron chi connectivity index (χ1n) is 7.34. The van der Waals surface area contributed by atoms with Gasteiger partial charge in [0.25, 0.3) is 0 Å². The van der Waals surface area contributed by atoms with Crippen molar-refractivity contribution in [3.05, 3.63) is 0 Å². The van der Waals surface area contributed by atoms with Gasteiger partial charge in [-0.1, -0.05) is 0 Å². The van der Waals surface area contributed by atoms with Gasteiger partial charge in [0.1, 0.15) is 0 Å². The number of carbonyl (C=O) groups excluding carboxylic acids is 1. The van der Waals surface area contributed by atoms with E-state index in [1.165, 1.54) is 0 Å². The summed E-state index contributed by atoms with van der Waals surface area (Å²) in [6, 6.07) is 0. The molecular weight excluding hydrogens is 280 g/mol. The zero-order valence-electron chi connectivity index (χ0n) is 11.8. The van der Waals surface area contributed by atoms with Crippen LogP contribution in [0.1, 0.15) is 25.7 Å². The molecule has 0 aliphatic carbocycles. The van der Waals surface area contributed by atoms with Crippen molar-refractivity contribution in [1.29, 1.82) is 0 Å². The summed E-state index contributed by atoms with van der Waals surface area (Å²) >= 11 is 0. The van der Waals surface area contributed by atoms with E-state index in [9.17, 15) is 13.2 Å². The molecule has 2 aliphatic rings. The van der Waals surface area contributed by atoms with Crippen molar-refractivity contribution in [2.45, 2.75) is 31.8 Å². The van der Waals surface area contributed by atoms with Crippen LogP contribution in [0, 0.1) is 5.92 Å². The average molecular weight is 304 g/mol. The second-order valence-corrected chi connectivity index (χ2v) is 7.87. The number of carbonyl (C=O) groups is 1. The normalized spacial score (nSPS) is 26.5. The van der Waals surface area contributed by atoms with Gasteiger partial charge in [0.15, 0.2) is 9.84 Å². The van der Waals surface area contributed by atoms with Crippen molar-refractivity contribution in [1.82, 2.24) is 10.6 Å². The average Bonchev–Trinajstić information content (AvgIpc) is 2.77. The van der Waals surface area contributed by atoms with Gasteiger partial charge in [0.2, 0.25) is 5.91 Å². The van der Waals surface area contributed by atoms with Crippen LogP contribution in [0.3, 0.4) is 0 Å². The highest BCUT2D eigenvalue weighted by molar-refractivity contribution is 7.91. The standard InChI is InChI=1S/C13H24N2O4S/c16-13(3-7-19-12-1-5-14-6-2-12)15-9-11-4-8-20(17,18)10-11/h11-12,14H,1-10H2,(H,15,16). The maximum absolute atomic E-state index is 11.6. The highest BCUT2D eigenvalue weighted by Gasteiger charge is 2.27. The Morgan fingerprint density at radius 3 is 2.65 bits per heavy atom. The fourth-order valence-electron chi connectivity index (χ4n) is 2.66. The molecule has 0 spiro atoms. The Kier molecular flexibility index (Phi) is 5.80. The summed E-state index contributed by atoms with van der Waals surface area (Å²) in [5.41, 5.74) is 0. The number of rotatable bonds is 6. The quantitative estimate of drug-likeness (QED) is 0.703. The van der Waals surface area contributed by atoms with E-state index in [1.54, 1.807) is 0 Å². The molecule has 0 aromatic heterocycles. The van der Waals surface area contributed by atoms with E-state index in [2.05, 4.69) is 10.6 Å². The Bertz CT molecular complexity index is 418. The third-order valence-electron chi connectivity index (χ3n) is 3.88. The van der Waals surface area contributed by atoms with Gasteiger partial charge in [-0.3, -0.25) is 4.79 Å². The van der Waals surface area contributed by atoms with E-state index in [0.717, 1.165) is 25.9 Å². The molecule has 1 amide bonds. The number of piperidine rings is 1. The molecule has 2 rings (SSSR count). The molecule has 2 aliphatic heterocycles. The minimum Gasteiger partial charge on any atom is -0.378 e. The first-order valence-corrected chi connectivity index (χ1v) is 9.17. The van der Waals surface area contributed by atoms with Crippen LogP contribution in [0.4, 0.5) is 0 Å². The largest absolute Gasteiger partial charge is 0.378 e. The molecule has 2 heterocycles. The number of amides is 1. The Labute approximate surface area is 120 Å². The molecule has 20 heavy (non-hydrogen) atoms. The molecule has 0 radical (unpaired) electrons. The third kappa shape index (κ3) is 5.38. The first kappa shape index (κ1) is 15.7. The molecule has 116 valence electrons. The van der Waals surface area contributed by atoms with Gasteiger partial charge in [-0.15, -0.1) is 0 Å². The second kappa shape index (κ2) is 7.38. The van der Waals surface area contributed by atoms with Crippen LogP contribution in [0.25, 0.3) is 0 Å². The Hall–Kier alpha value is -0.660. The first-order chi connectivity index (χ1) is 9.55. The maximum atomic E-state index is 11.6. The lowest BCUT2D eigenvalue weighted by molar-refractivity contribution is -0.122. The van der Waals surface area contributed by atoms with Crippen molar-refractivity contribution in [2.75, 3.05) is 37.7 Å². The fourth-order valence-corrected chi connectivity index (χ4v) is 4.52. The predicted octanol–water partition coefficient (Wildman–Crippen LogP) is -0.304. The van der Waals surface area contributed by atoms with E-state index in [0.29, 0.717) is 26.0 Å². The summed E-state index contributed by atoms with van der Waals surface area (Å²) in [4.78, 5) is 11.6. The second-order valence-electron chi connectivity index (χ2n) is 5.64. The lowest BCUT2D eigenvalue weighted by atomic mass is 10.1. The number of nitrogens with one attached hydrogen (secondary N) is 2. The molecule has 2 fully saturated rings. The Balaban J connectivity index is 1.54. The van der Waals surface area contributed by atoms with Gasteiger partial charge in [-0.2, -0.15) is 0 Å². The smallest absolute Gasteiger partial charge is 0.222 e. The van der Waals surface area contributed by atoms with Crippen molar-refractivity contribution in [3.8, 4) is 0 Å². The zero-order valence-corrected chi connectivity index (χ0v) is 12.6. The summed E-state index contributed by atoms with van der Waals surface area (Å²) in [6.07, 6.45) is 3.28. The van der Waals surface area contributed by atoms with Crippen molar-refractivity contribution in [2.24, 2.45) is 5.92 Å². The number of hydrogen-bond acceptors (Lipinski definition) is 5. The van der Waals surface area contributed by atoms with Gasteiger partial charge in [-0.25, -0.2) is 8.42 Å². The lowest BCUT2D eigenvalue weighted by Crippen LogP contribution is -2.34. The Morgan fingerprint density at radius 2 is 2.00 bits per heavy atom. The summed E-state index contributed by atoms with van der Waals surface area (Å²) in [5.74, 6) is 0.489. The van der Waals surface area contributed by atoms with Gasteiger partial charge in [0.05, 0.1) is 24.2 Å². The highest BCUT2D eigenvalue weighted by atomic mass is 32.2. The summed E-state index contributed by atoms with van der Waals surface area (Å²) in [7, 11) is -2.86. The van der Waals surface area contributed by atoms with Crippen molar-refractivity contribution < 1.29 is 17.9 Å². The van der Waals surface area contributed by atoms with Gasteiger partial charge in [0, 0.05) is 13.0 Å². The summed E-state index contributed by atoms with van der Waals surface area (Å²) in [6.45, 7) is 2.87. The fraction of sp³-hybridized carbons (Fsp3) is 0.923. The summed E-state index contributed by atoms with van der Waals surface area (Å²) in [5, 5.41) is 6.07. The molecule has 6 nitrogen and oxygen atoms in total. The van der Waals surface area contributed by atoms with Crippen LogP contribution < -0.4 is 10.6 Å². The molecule has 1 unspecified atom stereocenters. The molecular formula is C13H24N2O4S. The van der Waals surface area contributed by atoms with Crippen molar-refractivity contribution in [3.63, 3.8) is 0 Å². The number of sulfone groups is 1. The van der Waals surface area contributed by atoms with E-state index < -0.39 is 9.84 Å². The van der Waals surface area contributed by atoms with E-state index in [1.807, 2.05) is 0 Å². The number of hydrogen-bond donors (Lipinski definition) is 2.